The summed E-state index contributed by atoms with van der Waals surface area (Å²) in [5.41, 5.74) is 0.905. The molecule has 1 aromatic heterocycles. The van der Waals surface area contributed by atoms with Crippen molar-refractivity contribution in [2.75, 3.05) is 0 Å². The fraction of sp³-hybridized carbons (Fsp3) is 0.500. The van der Waals surface area contributed by atoms with Crippen LogP contribution in [0.1, 0.15) is 30.8 Å². The second-order valence-electron chi connectivity index (χ2n) is 2.36. The first-order valence-electron chi connectivity index (χ1n) is 3.47. The Morgan fingerprint density at radius 2 is 2.40 bits per heavy atom. The summed E-state index contributed by atoms with van der Waals surface area (Å²) in [6.45, 7) is 3.80. The van der Waals surface area contributed by atoms with Crippen molar-refractivity contribution in [3.05, 3.63) is 23.7 Å². The molecule has 0 amide bonds. The lowest BCUT2D eigenvalue weighted by Gasteiger charge is -2.04. The molecule has 0 saturated heterocycles. The van der Waals surface area contributed by atoms with E-state index in [0.717, 1.165) is 17.7 Å². The zero-order chi connectivity index (χ0) is 7.56. The zero-order valence-electron chi connectivity index (χ0n) is 6.29. The lowest BCUT2D eigenvalue weighted by atomic mass is 10.1. The fourth-order valence-electron chi connectivity index (χ4n) is 0.960. The molecule has 1 atom stereocenters. The molecule has 0 aliphatic heterocycles. The van der Waals surface area contributed by atoms with E-state index in [0.29, 0.717) is 0 Å². The quantitative estimate of drug-likeness (QED) is 0.681. The van der Waals surface area contributed by atoms with Crippen LogP contribution in [0, 0.1) is 6.92 Å². The third kappa shape index (κ3) is 1.21. The number of hydrogen-bond acceptors (Lipinski definition) is 2. The van der Waals surface area contributed by atoms with Crippen molar-refractivity contribution in [2.24, 2.45) is 0 Å². The van der Waals surface area contributed by atoms with E-state index >= 15 is 0 Å². The van der Waals surface area contributed by atoms with Crippen LogP contribution >= 0.6 is 0 Å². The van der Waals surface area contributed by atoms with E-state index in [1.165, 1.54) is 0 Å². The van der Waals surface area contributed by atoms with E-state index in [1.807, 2.05) is 19.9 Å². The van der Waals surface area contributed by atoms with E-state index < -0.39 is 0 Å². The Morgan fingerprint density at radius 1 is 1.70 bits per heavy atom. The van der Waals surface area contributed by atoms with E-state index in [1.54, 1.807) is 6.26 Å². The maximum Gasteiger partial charge on any atom is 0.106 e. The van der Waals surface area contributed by atoms with Gasteiger partial charge >= 0.3 is 0 Å². The Labute approximate surface area is 60.5 Å². The van der Waals surface area contributed by atoms with Crippen molar-refractivity contribution in [1.29, 1.82) is 0 Å². The van der Waals surface area contributed by atoms with Gasteiger partial charge in [0.05, 0.1) is 12.4 Å². The molecule has 10 heavy (non-hydrogen) atoms. The number of hydrogen-bond donors (Lipinski definition) is 1. The molecule has 1 heterocycles. The molecular weight excluding hydrogens is 128 g/mol. The third-order valence-corrected chi connectivity index (χ3v) is 1.64. The van der Waals surface area contributed by atoms with Gasteiger partial charge in [-0.15, -0.1) is 0 Å². The summed E-state index contributed by atoms with van der Waals surface area (Å²) in [5, 5.41) is 9.34. The first-order valence-corrected chi connectivity index (χ1v) is 3.47. The second kappa shape index (κ2) is 2.88. The Hall–Kier alpha value is -0.760. The molecule has 1 unspecified atom stereocenters. The third-order valence-electron chi connectivity index (χ3n) is 1.64. The highest BCUT2D eigenvalue weighted by Crippen LogP contribution is 2.20. The molecule has 2 nitrogen and oxygen atoms in total. The normalized spacial score (nSPS) is 13.5. The van der Waals surface area contributed by atoms with Gasteiger partial charge in [-0.3, -0.25) is 0 Å². The van der Waals surface area contributed by atoms with Gasteiger partial charge in [-0.1, -0.05) is 6.92 Å². The highest BCUT2D eigenvalue weighted by Gasteiger charge is 2.08. The van der Waals surface area contributed by atoms with Gasteiger partial charge in [0.2, 0.25) is 0 Å². The first kappa shape index (κ1) is 7.35. The van der Waals surface area contributed by atoms with Gasteiger partial charge in [0, 0.05) is 5.56 Å². The van der Waals surface area contributed by atoms with Crippen LogP contribution < -0.4 is 0 Å². The Morgan fingerprint density at radius 3 is 2.80 bits per heavy atom. The monoisotopic (exact) mass is 140 g/mol. The molecule has 0 aliphatic carbocycles. The molecule has 1 rings (SSSR count). The van der Waals surface area contributed by atoms with Crippen molar-refractivity contribution in [1.82, 2.24) is 0 Å². The van der Waals surface area contributed by atoms with E-state index in [9.17, 15) is 5.11 Å². The molecule has 0 aliphatic rings. The Bertz CT molecular complexity index is 203. The highest BCUT2D eigenvalue weighted by atomic mass is 16.3. The molecule has 0 fully saturated rings. The van der Waals surface area contributed by atoms with Crippen molar-refractivity contribution in [3.8, 4) is 0 Å². The lowest BCUT2D eigenvalue weighted by Crippen LogP contribution is -1.93. The van der Waals surface area contributed by atoms with Crippen LogP contribution in [0.4, 0.5) is 0 Å². The van der Waals surface area contributed by atoms with E-state index in [4.69, 9.17) is 4.42 Å². The largest absolute Gasteiger partial charge is 0.469 e. The summed E-state index contributed by atoms with van der Waals surface area (Å²) in [6.07, 6.45) is 1.97. The van der Waals surface area contributed by atoms with Crippen LogP contribution in [-0.2, 0) is 0 Å². The summed E-state index contributed by atoms with van der Waals surface area (Å²) in [4.78, 5) is 0. The topological polar surface area (TPSA) is 33.4 Å². The van der Waals surface area contributed by atoms with Gasteiger partial charge in [-0.05, 0) is 19.4 Å². The van der Waals surface area contributed by atoms with Gasteiger partial charge in [-0.2, -0.15) is 0 Å². The summed E-state index contributed by atoms with van der Waals surface area (Å²) >= 11 is 0. The minimum atomic E-state index is -0.362. The molecule has 1 N–H and O–H groups in total. The van der Waals surface area contributed by atoms with Crippen molar-refractivity contribution < 1.29 is 9.52 Å². The molecule has 0 spiro atoms. The highest BCUT2D eigenvalue weighted by molar-refractivity contribution is 5.17. The van der Waals surface area contributed by atoms with Gasteiger partial charge in [0.15, 0.2) is 0 Å². The maximum atomic E-state index is 9.34. The van der Waals surface area contributed by atoms with Crippen LogP contribution in [-0.4, -0.2) is 5.11 Å². The molecular formula is C8H12O2. The number of aryl methyl sites for hydroxylation is 1. The summed E-state index contributed by atoms with van der Waals surface area (Å²) in [6, 6.07) is 1.81. The molecule has 2 heteroatoms. The first-order chi connectivity index (χ1) is 4.75. The SMILES string of the molecule is CCC(O)c1ccoc1C. The smallest absolute Gasteiger partial charge is 0.106 e. The molecule has 0 saturated carbocycles. The molecule has 56 valence electrons. The molecule has 1 aromatic rings. The minimum absolute atomic E-state index is 0.362. The van der Waals surface area contributed by atoms with Crippen molar-refractivity contribution >= 4 is 0 Å². The van der Waals surface area contributed by atoms with Crippen LogP contribution in [0.25, 0.3) is 0 Å². The minimum Gasteiger partial charge on any atom is -0.469 e. The van der Waals surface area contributed by atoms with Crippen molar-refractivity contribution in [3.63, 3.8) is 0 Å². The van der Waals surface area contributed by atoms with Gasteiger partial charge in [0.25, 0.3) is 0 Å². The average Bonchev–Trinajstić information content (AvgIpc) is 2.34. The average molecular weight is 140 g/mol. The van der Waals surface area contributed by atoms with Crippen molar-refractivity contribution in [2.45, 2.75) is 26.4 Å². The van der Waals surface area contributed by atoms with Crippen LogP contribution in [0.2, 0.25) is 0 Å². The fourth-order valence-corrected chi connectivity index (χ4v) is 0.960. The predicted molar refractivity (Wildman–Crippen MR) is 38.7 cm³/mol. The van der Waals surface area contributed by atoms with E-state index in [2.05, 4.69) is 0 Å². The second-order valence-corrected chi connectivity index (χ2v) is 2.36. The Balaban J connectivity index is 2.82. The standard InChI is InChI=1S/C8H12O2/c1-3-8(9)7-4-5-10-6(7)2/h4-5,8-9H,3H2,1-2H3. The maximum absolute atomic E-state index is 9.34. The summed E-state index contributed by atoms with van der Waals surface area (Å²) < 4.78 is 5.03. The van der Waals surface area contributed by atoms with Gasteiger partial charge in [-0.25, -0.2) is 0 Å². The van der Waals surface area contributed by atoms with Gasteiger partial charge in [0.1, 0.15) is 5.76 Å². The van der Waals surface area contributed by atoms with E-state index in [-0.39, 0.29) is 6.10 Å². The molecule has 0 radical (unpaired) electrons. The van der Waals surface area contributed by atoms with Gasteiger partial charge < -0.3 is 9.52 Å². The predicted octanol–water partition coefficient (Wildman–Crippen LogP) is 2.03. The van der Waals surface area contributed by atoms with Crippen LogP contribution in [0.5, 0.6) is 0 Å². The lowest BCUT2D eigenvalue weighted by molar-refractivity contribution is 0.171. The molecule has 0 bridgehead atoms. The number of furan rings is 1. The number of rotatable bonds is 2. The number of aliphatic hydroxyl groups is 1. The molecule has 0 aromatic carbocycles. The Kier molecular flexibility index (Phi) is 2.12. The number of aliphatic hydroxyl groups excluding tert-OH is 1. The van der Waals surface area contributed by atoms with Crippen LogP contribution in [0.15, 0.2) is 16.7 Å². The summed E-state index contributed by atoms with van der Waals surface area (Å²) in [7, 11) is 0. The van der Waals surface area contributed by atoms with Crippen LogP contribution in [0.3, 0.4) is 0 Å². The zero-order valence-corrected chi connectivity index (χ0v) is 6.29. The summed E-state index contributed by atoms with van der Waals surface area (Å²) in [5.74, 6) is 0.814.